The molecule has 0 saturated carbocycles. The Labute approximate surface area is 67.2 Å². The van der Waals surface area contributed by atoms with Gasteiger partial charge in [0.2, 0.25) is 0 Å². The molecule has 0 spiro atoms. The molecular formula is C7H14N4. The molecule has 1 heterocycles. The van der Waals surface area contributed by atoms with Gasteiger partial charge >= 0.3 is 0 Å². The fraction of sp³-hybridized carbons (Fsp3) is 0.857. The average molecular weight is 154 g/mol. The van der Waals surface area contributed by atoms with Crippen LogP contribution in [0.4, 0.5) is 0 Å². The smallest absolute Gasteiger partial charge is 0.0866 e. The van der Waals surface area contributed by atoms with Crippen LogP contribution in [0.5, 0.6) is 0 Å². The molecule has 0 bridgehead atoms. The Morgan fingerprint density at radius 2 is 1.73 bits per heavy atom. The molecule has 0 aromatic heterocycles. The van der Waals surface area contributed by atoms with E-state index < -0.39 is 0 Å². The molecule has 2 N–H and O–H groups in total. The summed E-state index contributed by atoms with van der Waals surface area (Å²) in [5.41, 5.74) is 5.47. The van der Waals surface area contributed by atoms with Crippen molar-refractivity contribution < 1.29 is 0 Å². The van der Waals surface area contributed by atoms with E-state index >= 15 is 0 Å². The van der Waals surface area contributed by atoms with Crippen molar-refractivity contribution >= 4 is 0 Å². The lowest BCUT2D eigenvalue weighted by molar-refractivity contribution is 0.146. The monoisotopic (exact) mass is 154 g/mol. The molecule has 4 heteroatoms. The number of hydrogen-bond acceptors (Lipinski definition) is 4. The zero-order valence-corrected chi connectivity index (χ0v) is 6.66. The van der Waals surface area contributed by atoms with Crippen molar-refractivity contribution in [1.82, 2.24) is 9.80 Å². The molecule has 0 unspecified atom stereocenters. The topological polar surface area (TPSA) is 56.3 Å². The molecule has 0 aliphatic carbocycles. The first-order chi connectivity index (χ1) is 5.36. The van der Waals surface area contributed by atoms with E-state index in [1.165, 1.54) is 0 Å². The maximum atomic E-state index is 8.41. The molecule has 1 aliphatic heterocycles. The Morgan fingerprint density at radius 3 is 2.18 bits per heavy atom. The lowest BCUT2D eigenvalue weighted by atomic mass is 10.3. The average Bonchev–Trinajstić information content (AvgIpc) is 2.07. The van der Waals surface area contributed by atoms with Gasteiger partial charge in [-0.15, -0.1) is 0 Å². The highest BCUT2D eigenvalue weighted by Gasteiger charge is 2.14. The van der Waals surface area contributed by atoms with E-state index in [0.717, 1.165) is 26.2 Å². The molecule has 4 nitrogen and oxygen atoms in total. The van der Waals surface area contributed by atoms with E-state index in [9.17, 15) is 0 Å². The molecule has 0 atom stereocenters. The summed E-state index contributed by atoms with van der Waals surface area (Å²) < 4.78 is 0. The highest BCUT2D eigenvalue weighted by Crippen LogP contribution is 1.98. The fourth-order valence-electron chi connectivity index (χ4n) is 1.23. The number of hydrogen-bond donors (Lipinski definition) is 1. The number of rotatable bonds is 2. The van der Waals surface area contributed by atoms with Crippen molar-refractivity contribution in [2.75, 3.05) is 39.4 Å². The normalized spacial score (nSPS) is 21.5. The van der Waals surface area contributed by atoms with E-state index in [2.05, 4.69) is 15.9 Å². The highest BCUT2D eigenvalue weighted by atomic mass is 15.3. The second kappa shape index (κ2) is 4.29. The SMILES string of the molecule is N#CCN1CCN(CN)CC1. The van der Waals surface area contributed by atoms with Crippen LogP contribution in [0.2, 0.25) is 0 Å². The van der Waals surface area contributed by atoms with Crippen LogP contribution in [0, 0.1) is 11.3 Å². The van der Waals surface area contributed by atoms with Gasteiger partial charge in [-0.05, 0) is 0 Å². The van der Waals surface area contributed by atoms with E-state index in [-0.39, 0.29) is 0 Å². The van der Waals surface area contributed by atoms with Crippen LogP contribution in [-0.2, 0) is 0 Å². The van der Waals surface area contributed by atoms with E-state index in [4.69, 9.17) is 11.0 Å². The van der Waals surface area contributed by atoms with Gasteiger partial charge in [0, 0.05) is 32.8 Å². The Balaban J connectivity index is 2.20. The Bertz CT molecular complexity index is 143. The maximum Gasteiger partial charge on any atom is 0.0866 e. The highest BCUT2D eigenvalue weighted by molar-refractivity contribution is 4.80. The summed E-state index contributed by atoms with van der Waals surface area (Å²) in [4.78, 5) is 4.33. The Hall–Kier alpha value is -0.630. The lowest BCUT2D eigenvalue weighted by Crippen LogP contribution is -2.48. The second-order valence-corrected chi connectivity index (χ2v) is 2.73. The van der Waals surface area contributed by atoms with Crippen molar-refractivity contribution in [2.24, 2.45) is 5.73 Å². The van der Waals surface area contributed by atoms with Crippen LogP contribution in [0.15, 0.2) is 0 Å². The number of nitriles is 1. The first kappa shape index (κ1) is 8.47. The van der Waals surface area contributed by atoms with Gasteiger partial charge < -0.3 is 5.73 Å². The van der Waals surface area contributed by atoms with Crippen LogP contribution in [-0.4, -0.2) is 49.2 Å². The zero-order chi connectivity index (χ0) is 8.10. The van der Waals surface area contributed by atoms with Gasteiger partial charge in [-0.25, -0.2) is 0 Å². The van der Waals surface area contributed by atoms with Gasteiger partial charge in [-0.1, -0.05) is 0 Å². The molecular weight excluding hydrogens is 140 g/mol. The largest absolute Gasteiger partial charge is 0.318 e. The third kappa shape index (κ3) is 2.46. The third-order valence-electron chi connectivity index (χ3n) is 2.02. The molecule has 0 radical (unpaired) electrons. The summed E-state index contributed by atoms with van der Waals surface area (Å²) >= 11 is 0. The minimum atomic E-state index is 0.554. The fourth-order valence-corrected chi connectivity index (χ4v) is 1.23. The van der Waals surface area contributed by atoms with Crippen molar-refractivity contribution in [1.29, 1.82) is 5.26 Å². The summed E-state index contributed by atoms with van der Waals surface area (Å²) in [6, 6.07) is 2.15. The van der Waals surface area contributed by atoms with Crippen LogP contribution < -0.4 is 5.73 Å². The van der Waals surface area contributed by atoms with Crippen molar-refractivity contribution in [3.63, 3.8) is 0 Å². The van der Waals surface area contributed by atoms with Crippen LogP contribution in [0.25, 0.3) is 0 Å². The molecule has 0 amide bonds. The molecule has 0 aromatic carbocycles. The number of nitrogens with zero attached hydrogens (tertiary/aromatic N) is 3. The van der Waals surface area contributed by atoms with Crippen LogP contribution in [0.1, 0.15) is 0 Å². The third-order valence-corrected chi connectivity index (χ3v) is 2.02. The van der Waals surface area contributed by atoms with Gasteiger partial charge in [0.05, 0.1) is 12.6 Å². The van der Waals surface area contributed by atoms with Gasteiger partial charge in [0.25, 0.3) is 0 Å². The van der Waals surface area contributed by atoms with Crippen molar-refractivity contribution in [3.05, 3.63) is 0 Å². The maximum absolute atomic E-state index is 8.41. The molecule has 11 heavy (non-hydrogen) atoms. The predicted octanol–water partition coefficient (Wildman–Crippen LogP) is -0.956. The standard InChI is InChI=1S/C7H14N4/c8-1-2-10-3-5-11(7-9)6-4-10/h2-7,9H2. The lowest BCUT2D eigenvalue weighted by Gasteiger charge is -2.32. The van der Waals surface area contributed by atoms with Crippen LogP contribution in [0.3, 0.4) is 0 Å². The summed E-state index contributed by atoms with van der Waals surface area (Å²) in [6.45, 7) is 5.14. The van der Waals surface area contributed by atoms with E-state index in [1.54, 1.807) is 0 Å². The van der Waals surface area contributed by atoms with Gasteiger partial charge in [0.15, 0.2) is 0 Å². The Morgan fingerprint density at radius 1 is 1.18 bits per heavy atom. The molecule has 0 aromatic rings. The summed E-state index contributed by atoms with van der Waals surface area (Å²) in [5, 5.41) is 8.41. The van der Waals surface area contributed by atoms with Gasteiger partial charge in [-0.2, -0.15) is 5.26 Å². The molecule has 62 valence electrons. The quantitative estimate of drug-likeness (QED) is 0.521. The first-order valence-electron chi connectivity index (χ1n) is 3.88. The zero-order valence-electron chi connectivity index (χ0n) is 6.66. The minimum absolute atomic E-state index is 0.554. The summed E-state index contributed by atoms with van der Waals surface area (Å²) in [6.07, 6.45) is 0. The van der Waals surface area contributed by atoms with Crippen molar-refractivity contribution in [3.8, 4) is 6.07 Å². The van der Waals surface area contributed by atoms with Crippen LogP contribution >= 0.6 is 0 Å². The number of piperazine rings is 1. The predicted molar refractivity (Wildman–Crippen MR) is 42.7 cm³/mol. The van der Waals surface area contributed by atoms with E-state index in [0.29, 0.717) is 13.2 Å². The molecule has 1 saturated heterocycles. The Kier molecular flexibility index (Phi) is 3.30. The first-order valence-corrected chi connectivity index (χ1v) is 3.88. The molecule has 1 fully saturated rings. The van der Waals surface area contributed by atoms with Gasteiger partial charge in [0.1, 0.15) is 0 Å². The minimum Gasteiger partial charge on any atom is -0.318 e. The summed E-state index contributed by atoms with van der Waals surface area (Å²) in [7, 11) is 0. The van der Waals surface area contributed by atoms with Gasteiger partial charge in [-0.3, -0.25) is 9.80 Å². The second-order valence-electron chi connectivity index (χ2n) is 2.73. The molecule has 1 rings (SSSR count). The molecule has 1 aliphatic rings. The van der Waals surface area contributed by atoms with Crippen molar-refractivity contribution in [2.45, 2.75) is 0 Å². The number of nitrogens with two attached hydrogens (primary N) is 1. The van der Waals surface area contributed by atoms with E-state index in [1.807, 2.05) is 0 Å². The summed E-state index contributed by atoms with van der Waals surface area (Å²) in [5.74, 6) is 0.